The monoisotopic (exact) mass is 219 g/mol. The van der Waals surface area contributed by atoms with E-state index in [9.17, 15) is 9.59 Å². The van der Waals surface area contributed by atoms with Gasteiger partial charge in [-0.2, -0.15) is 0 Å². The first-order chi connectivity index (χ1) is 5.95. The van der Waals surface area contributed by atoms with Crippen LogP contribution in [-0.4, -0.2) is 4.98 Å². The fourth-order valence-electron chi connectivity index (χ4n) is 0.821. The molecule has 0 atom stereocenters. The molecule has 0 bridgehead atoms. The molecule has 70 valence electrons. The Labute approximate surface area is 84.3 Å². The third kappa shape index (κ3) is 1.76. The quantitative estimate of drug-likeness (QED) is 0.722. The van der Waals surface area contributed by atoms with E-state index in [2.05, 4.69) is 4.98 Å². The molecule has 3 nitrogen and oxygen atoms in total. The van der Waals surface area contributed by atoms with Crippen LogP contribution in [0.3, 0.4) is 0 Å². The van der Waals surface area contributed by atoms with Crippen LogP contribution in [-0.2, 0) is 0 Å². The molecule has 0 aromatic carbocycles. The number of nitrogens with one attached hydrogen (secondary N) is 1. The summed E-state index contributed by atoms with van der Waals surface area (Å²) >= 11 is 11.3. The van der Waals surface area contributed by atoms with Crippen LogP contribution in [0, 0.1) is 13.8 Å². The lowest BCUT2D eigenvalue weighted by Gasteiger charge is -1.86. The van der Waals surface area contributed by atoms with E-state index < -0.39 is 11.0 Å². The maximum Gasteiger partial charge on any atom is 0.253 e. The molecule has 0 fully saturated rings. The van der Waals surface area contributed by atoms with Gasteiger partial charge in [-0.15, -0.1) is 0 Å². The summed E-state index contributed by atoms with van der Waals surface area (Å²) in [5.41, 5.74) is -0.429. The predicted octanol–water partition coefficient (Wildman–Crippen LogP) is 1.66. The van der Waals surface area contributed by atoms with Gasteiger partial charge >= 0.3 is 0 Å². The molecule has 0 saturated carbocycles. The predicted molar refractivity (Wildman–Crippen MR) is 52.8 cm³/mol. The Bertz CT molecular complexity index is 465. The van der Waals surface area contributed by atoms with Gasteiger partial charge in [0.15, 0.2) is 0 Å². The first-order valence-corrected chi connectivity index (χ1v) is 4.29. The number of H-pyrrole nitrogens is 1. The smallest absolute Gasteiger partial charge is 0.253 e. The Balaban J connectivity index is 3.94. The summed E-state index contributed by atoms with van der Waals surface area (Å²) in [4.78, 5) is 24.9. The molecule has 0 aliphatic heterocycles. The van der Waals surface area contributed by atoms with Gasteiger partial charge in [0.05, 0.1) is 5.02 Å². The van der Waals surface area contributed by atoms with Gasteiger partial charge in [0, 0.05) is 11.1 Å². The van der Waals surface area contributed by atoms with Crippen molar-refractivity contribution in [2.75, 3.05) is 0 Å². The second-order valence-corrected chi connectivity index (χ2v) is 3.42. The fraction of sp³-hybridized carbons (Fsp3) is 0.250. The first kappa shape index (κ1) is 10.3. The second kappa shape index (κ2) is 3.52. The highest BCUT2D eigenvalue weighted by Crippen LogP contribution is 2.09. The molecule has 5 heteroatoms. The molecular weight excluding hydrogens is 213 g/mol. The second-order valence-electron chi connectivity index (χ2n) is 2.66. The SMILES string of the molecule is Cc1c(Cl)c(=O)c(C)c(Cl)[nH]c1=O. The molecule has 0 saturated heterocycles. The van der Waals surface area contributed by atoms with Crippen molar-refractivity contribution in [3.8, 4) is 0 Å². The van der Waals surface area contributed by atoms with Crippen LogP contribution in [0.4, 0.5) is 0 Å². The van der Waals surface area contributed by atoms with Crippen LogP contribution in [0.2, 0.25) is 10.2 Å². The maximum absolute atomic E-state index is 11.4. The molecule has 1 heterocycles. The normalized spacial score (nSPS) is 10.2. The van der Waals surface area contributed by atoms with Crippen LogP contribution in [0.15, 0.2) is 9.59 Å². The van der Waals surface area contributed by atoms with E-state index in [0.29, 0.717) is 0 Å². The lowest BCUT2D eigenvalue weighted by molar-refractivity contribution is 1.21. The van der Waals surface area contributed by atoms with E-state index in [4.69, 9.17) is 23.2 Å². The number of halogens is 2. The summed E-state index contributed by atoms with van der Waals surface area (Å²) in [5, 5.41) is -0.0457. The number of hydrogen-bond acceptors (Lipinski definition) is 2. The van der Waals surface area contributed by atoms with E-state index in [1.165, 1.54) is 13.8 Å². The lowest BCUT2D eigenvalue weighted by atomic mass is 10.3. The van der Waals surface area contributed by atoms with Gasteiger partial charge in [-0.3, -0.25) is 9.59 Å². The van der Waals surface area contributed by atoms with Crippen LogP contribution >= 0.6 is 23.2 Å². The first-order valence-electron chi connectivity index (χ1n) is 3.54. The summed E-state index contributed by atoms with van der Waals surface area (Å²) in [6.07, 6.45) is 0. The van der Waals surface area contributed by atoms with Crippen molar-refractivity contribution in [2.45, 2.75) is 13.8 Å². The topological polar surface area (TPSA) is 49.9 Å². The zero-order valence-electron chi connectivity index (χ0n) is 7.07. The third-order valence-electron chi connectivity index (χ3n) is 1.76. The molecule has 1 N–H and O–H groups in total. The summed E-state index contributed by atoms with van der Waals surface area (Å²) in [5.74, 6) is 0. The zero-order chi connectivity index (χ0) is 10.2. The average Bonchev–Trinajstić information content (AvgIpc) is 2.15. The lowest BCUT2D eigenvalue weighted by Crippen LogP contribution is -2.07. The highest BCUT2D eigenvalue weighted by Gasteiger charge is 2.08. The van der Waals surface area contributed by atoms with Crippen molar-refractivity contribution in [3.05, 3.63) is 41.9 Å². The molecular formula is C8H7Cl2NO2. The van der Waals surface area contributed by atoms with Crippen LogP contribution < -0.4 is 11.0 Å². The molecule has 0 spiro atoms. The van der Waals surface area contributed by atoms with Gasteiger partial charge in [0.2, 0.25) is 5.43 Å². The van der Waals surface area contributed by atoms with E-state index in [-0.39, 0.29) is 21.3 Å². The summed E-state index contributed by atoms with van der Waals surface area (Å²) in [6.45, 7) is 2.98. The molecule has 0 unspecified atom stereocenters. The van der Waals surface area contributed by atoms with Crippen molar-refractivity contribution in [1.29, 1.82) is 0 Å². The van der Waals surface area contributed by atoms with Crippen LogP contribution in [0.1, 0.15) is 11.1 Å². The molecule has 0 aliphatic carbocycles. The van der Waals surface area contributed by atoms with E-state index in [0.717, 1.165) is 0 Å². The standard InChI is InChI=1S/C8H7Cl2NO2/c1-3-5(9)6(12)4(2)7(10)11-8(3)13/h1-2H3,(H,11,13). The highest BCUT2D eigenvalue weighted by atomic mass is 35.5. The van der Waals surface area contributed by atoms with Crippen molar-refractivity contribution < 1.29 is 0 Å². The minimum Gasteiger partial charge on any atom is -0.312 e. The third-order valence-corrected chi connectivity index (χ3v) is 2.60. The number of hydrogen-bond donors (Lipinski definition) is 1. The van der Waals surface area contributed by atoms with Crippen molar-refractivity contribution in [2.24, 2.45) is 0 Å². The molecule has 0 aliphatic rings. The van der Waals surface area contributed by atoms with E-state index in [1.807, 2.05) is 0 Å². The van der Waals surface area contributed by atoms with Crippen molar-refractivity contribution in [1.82, 2.24) is 4.98 Å². The zero-order valence-corrected chi connectivity index (χ0v) is 8.58. The summed E-state index contributed by atoms with van der Waals surface area (Å²) < 4.78 is 0. The van der Waals surface area contributed by atoms with Crippen molar-refractivity contribution >= 4 is 23.2 Å². The number of rotatable bonds is 0. The van der Waals surface area contributed by atoms with Gasteiger partial charge in [-0.1, -0.05) is 23.2 Å². The van der Waals surface area contributed by atoms with E-state index in [1.54, 1.807) is 0 Å². The minimum atomic E-state index is -0.444. The number of aromatic amines is 1. The maximum atomic E-state index is 11.4. The van der Waals surface area contributed by atoms with Gasteiger partial charge in [0.25, 0.3) is 5.56 Å². The fourth-order valence-corrected chi connectivity index (χ4v) is 1.22. The Kier molecular flexibility index (Phi) is 2.78. The molecule has 1 aromatic heterocycles. The van der Waals surface area contributed by atoms with Gasteiger partial charge in [-0.05, 0) is 13.8 Å². The number of aromatic nitrogens is 1. The van der Waals surface area contributed by atoms with Gasteiger partial charge < -0.3 is 4.98 Å². The molecule has 1 rings (SSSR count). The Morgan fingerprint density at radius 3 is 2.15 bits per heavy atom. The summed E-state index contributed by atoms with van der Waals surface area (Å²) in [7, 11) is 0. The highest BCUT2D eigenvalue weighted by molar-refractivity contribution is 6.32. The average molecular weight is 220 g/mol. The molecule has 1 aromatic rings. The van der Waals surface area contributed by atoms with Crippen molar-refractivity contribution in [3.63, 3.8) is 0 Å². The largest absolute Gasteiger partial charge is 0.312 e. The summed E-state index contributed by atoms with van der Waals surface area (Å²) in [6, 6.07) is 0. The Hall–Kier alpha value is -0.800. The van der Waals surface area contributed by atoms with Crippen LogP contribution in [0.5, 0.6) is 0 Å². The van der Waals surface area contributed by atoms with Gasteiger partial charge in [0.1, 0.15) is 5.15 Å². The molecule has 0 radical (unpaired) electrons. The Morgan fingerprint density at radius 1 is 1.08 bits per heavy atom. The van der Waals surface area contributed by atoms with E-state index >= 15 is 0 Å². The minimum absolute atomic E-state index is 0.0324. The van der Waals surface area contributed by atoms with Gasteiger partial charge in [-0.25, -0.2) is 0 Å². The Morgan fingerprint density at radius 2 is 1.62 bits per heavy atom. The van der Waals surface area contributed by atoms with Crippen LogP contribution in [0.25, 0.3) is 0 Å². The molecule has 0 amide bonds. The molecule has 13 heavy (non-hydrogen) atoms.